The molecule has 0 aromatic rings. The average Bonchev–Trinajstić information content (AvgIpc) is 2.08. The molecule has 1 rings (SSSR count). The second-order valence-corrected chi connectivity index (χ2v) is 3.38. The number of carbonyl (C=O) groups excluding carboxylic acids is 1. The minimum absolute atomic E-state index is 0.332. The van der Waals surface area contributed by atoms with Gasteiger partial charge in [-0.1, -0.05) is 0 Å². The highest BCUT2D eigenvalue weighted by Gasteiger charge is 2.33. The summed E-state index contributed by atoms with van der Waals surface area (Å²) in [6.07, 6.45) is -0.981. The predicted octanol–water partition coefficient (Wildman–Crippen LogP) is -0.00230. The first-order valence-electron chi connectivity index (χ1n) is 4.23. The van der Waals surface area contributed by atoms with Crippen LogP contribution < -0.4 is 0 Å². The van der Waals surface area contributed by atoms with Crippen molar-refractivity contribution in [1.29, 1.82) is 0 Å². The van der Waals surface area contributed by atoms with Gasteiger partial charge < -0.3 is 14.6 Å². The molecule has 4 nitrogen and oxygen atoms in total. The Balaban J connectivity index is 2.49. The summed E-state index contributed by atoms with van der Waals surface area (Å²) in [5.41, 5.74) is 0. The number of aliphatic hydroxyl groups is 1. The Labute approximate surface area is 82.6 Å². The zero-order valence-corrected chi connectivity index (χ0v) is 8.37. The maximum Gasteiger partial charge on any atom is 0.302 e. The smallest absolute Gasteiger partial charge is 0.302 e. The molecule has 76 valence electrons. The summed E-state index contributed by atoms with van der Waals surface area (Å²) in [7, 11) is 0. The third-order valence-corrected chi connectivity index (χ3v) is 2.35. The van der Waals surface area contributed by atoms with Gasteiger partial charge in [-0.05, 0) is 0 Å². The maximum atomic E-state index is 10.7. The first kappa shape index (κ1) is 10.8. The highest BCUT2D eigenvalue weighted by molar-refractivity contribution is 7.80. The normalized spacial score (nSPS) is 34.2. The fourth-order valence-corrected chi connectivity index (χ4v) is 1.67. The van der Waals surface area contributed by atoms with Crippen LogP contribution in [0.1, 0.15) is 13.3 Å². The molecule has 1 aliphatic rings. The molecule has 0 saturated carbocycles. The fraction of sp³-hybridized carbons (Fsp3) is 0.875. The van der Waals surface area contributed by atoms with E-state index in [1.807, 2.05) is 0 Å². The fourth-order valence-electron chi connectivity index (χ4n) is 1.35. The lowest BCUT2D eigenvalue weighted by Crippen LogP contribution is -2.47. The lowest BCUT2D eigenvalue weighted by molar-refractivity contribution is -0.172. The van der Waals surface area contributed by atoms with E-state index in [-0.39, 0.29) is 12.1 Å². The van der Waals surface area contributed by atoms with Crippen LogP contribution in [0.5, 0.6) is 0 Å². The van der Waals surface area contributed by atoms with E-state index in [9.17, 15) is 9.90 Å². The Hall–Kier alpha value is -0.260. The number of rotatable bonds is 2. The van der Waals surface area contributed by atoms with E-state index in [2.05, 4.69) is 12.6 Å². The first-order valence-corrected chi connectivity index (χ1v) is 4.86. The first-order chi connectivity index (χ1) is 6.15. The van der Waals surface area contributed by atoms with Crippen molar-refractivity contribution in [3.05, 3.63) is 0 Å². The van der Waals surface area contributed by atoms with Crippen molar-refractivity contribution in [2.24, 2.45) is 0 Å². The van der Waals surface area contributed by atoms with Gasteiger partial charge in [0.1, 0.15) is 12.2 Å². The van der Waals surface area contributed by atoms with E-state index in [4.69, 9.17) is 9.47 Å². The molecule has 0 unspecified atom stereocenters. The van der Waals surface area contributed by atoms with Crippen LogP contribution in [-0.2, 0) is 14.3 Å². The minimum Gasteiger partial charge on any atom is -0.460 e. The quantitative estimate of drug-likeness (QED) is 0.493. The SMILES string of the molecule is CC(=O)O[C@@H]1CCO[C@H](CS)[C@H]1O. The number of ether oxygens (including phenoxy) is 2. The van der Waals surface area contributed by atoms with Crippen LogP contribution in [-0.4, -0.2) is 41.7 Å². The highest BCUT2D eigenvalue weighted by Crippen LogP contribution is 2.18. The van der Waals surface area contributed by atoms with Crippen LogP contribution in [0.15, 0.2) is 0 Å². The molecule has 1 heterocycles. The zero-order chi connectivity index (χ0) is 9.84. The van der Waals surface area contributed by atoms with Crippen molar-refractivity contribution in [1.82, 2.24) is 0 Å². The number of aliphatic hydroxyl groups excluding tert-OH is 1. The molecule has 0 aromatic heterocycles. The molecule has 1 aliphatic heterocycles. The van der Waals surface area contributed by atoms with Crippen molar-refractivity contribution in [2.75, 3.05) is 12.4 Å². The highest BCUT2D eigenvalue weighted by atomic mass is 32.1. The number of carbonyl (C=O) groups is 1. The second kappa shape index (κ2) is 4.83. The van der Waals surface area contributed by atoms with Crippen LogP contribution in [0, 0.1) is 0 Å². The van der Waals surface area contributed by atoms with Crippen molar-refractivity contribution in [3.8, 4) is 0 Å². The largest absolute Gasteiger partial charge is 0.460 e. The van der Waals surface area contributed by atoms with Gasteiger partial charge in [-0.15, -0.1) is 0 Å². The molecule has 0 aliphatic carbocycles. The van der Waals surface area contributed by atoms with E-state index in [1.165, 1.54) is 6.92 Å². The molecule has 5 heteroatoms. The standard InChI is InChI=1S/C8H14O4S/c1-5(9)12-6-2-3-11-7(4-13)8(6)10/h6-8,10,13H,2-4H2,1H3/t6-,7-,8+/m1/s1. The maximum absolute atomic E-state index is 10.7. The average molecular weight is 206 g/mol. The summed E-state index contributed by atoms with van der Waals surface area (Å²) in [4.78, 5) is 10.7. The van der Waals surface area contributed by atoms with Crippen molar-refractivity contribution >= 4 is 18.6 Å². The van der Waals surface area contributed by atoms with Gasteiger partial charge in [0, 0.05) is 19.1 Å². The number of thiol groups is 1. The van der Waals surface area contributed by atoms with Gasteiger partial charge >= 0.3 is 5.97 Å². The number of esters is 1. The molecule has 0 radical (unpaired) electrons. The summed E-state index contributed by atoms with van der Waals surface area (Å²) in [5.74, 6) is 0.0581. The van der Waals surface area contributed by atoms with Gasteiger partial charge in [0.15, 0.2) is 0 Å². The van der Waals surface area contributed by atoms with E-state index >= 15 is 0 Å². The third-order valence-electron chi connectivity index (χ3n) is 1.99. The van der Waals surface area contributed by atoms with Crippen LogP contribution in [0.25, 0.3) is 0 Å². The van der Waals surface area contributed by atoms with Crippen LogP contribution in [0.4, 0.5) is 0 Å². The Morgan fingerprint density at radius 3 is 3.00 bits per heavy atom. The number of hydrogen-bond donors (Lipinski definition) is 2. The predicted molar refractivity (Wildman–Crippen MR) is 49.8 cm³/mol. The Morgan fingerprint density at radius 1 is 1.77 bits per heavy atom. The second-order valence-electron chi connectivity index (χ2n) is 3.02. The molecule has 0 aromatic carbocycles. The molecule has 1 N–H and O–H groups in total. The molecule has 1 saturated heterocycles. The van der Waals surface area contributed by atoms with Gasteiger partial charge in [0.25, 0.3) is 0 Å². The van der Waals surface area contributed by atoms with Crippen molar-refractivity contribution in [3.63, 3.8) is 0 Å². The summed E-state index contributed by atoms with van der Waals surface area (Å²) < 4.78 is 10.2. The van der Waals surface area contributed by atoms with Gasteiger partial charge in [-0.3, -0.25) is 4.79 Å². The molecule has 3 atom stereocenters. The Morgan fingerprint density at radius 2 is 2.46 bits per heavy atom. The minimum atomic E-state index is -0.754. The van der Waals surface area contributed by atoms with E-state index < -0.39 is 12.2 Å². The summed E-state index contributed by atoms with van der Waals surface area (Å²) in [6.45, 7) is 1.83. The molecule has 13 heavy (non-hydrogen) atoms. The van der Waals surface area contributed by atoms with E-state index in [1.54, 1.807) is 0 Å². The van der Waals surface area contributed by atoms with Crippen molar-refractivity contribution < 1.29 is 19.4 Å². The van der Waals surface area contributed by atoms with E-state index in [0.717, 1.165) is 0 Å². The lowest BCUT2D eigenvalue weighted by atomic mass is 10.0. The molecule has 1 fully saturated rings. The summed E-state index contributed by atoms with van der Waals surface area (Å²) in [5, 5.41) is 9.63. The Kier molecular flexibility index (Phi) is 4.02. The lowest BCUT2D eigenvalue weighted by Gasteiger charge is -2.33. The van der Waals surface area contributed by atoms with Crippen LogP contribution in [0.2, 0.25) is 0 Å². The van der Waals surface area contributed by atoms with Crippen LogP contribution >= 0.6 is 12.6 Å². The van der Waals surface area contributed by atoms with Gasteiger partial charge in [-0.2, -0.15) is 12.6 Å². The van der Waals surface area contributed by atoms with Gasteiger partial charge in [0.2, 0.25) is 0 Å². The Bertz CT molecular complexity index is 185. The van der Waals surface area contributed by atoms with Crippen molar-refractivity contribution in [2.45, 2.75) is 31.7 Å². The molecule has 0 bridgehead atoms. The van der Waals surface area contributed by atoms with Crippen LogP contribution in [0.3, 0.4) is 0 Å². The molecule has 0 amide bonds. The molecular formula is C8H14O4S. The van der Waals surface area contributed by atoms with Gasteiger partial charge in [0.05, 0.1) is 12.7 Å². The summed E-state index contributed by atoms with van der Waals surface area (Å²) >= 11 is 4.03. The monoisotopic (exact) mass is 206 g/mol. The zero-order valence-electron chi connectivity index (χ0n) is 7.47. The van der Waals surface area contributed by atoms with E-state index in [0.29, 0.717) is 18.8 Å². The summed E-state index contributed by atoms with van der Waals surface area (Å²) in [6, 6.07) is 0. The topological polar surface area (TPSA) is 55.8 Å². The molecule has 0 spiro atoms. The third kappa shape index (κ3) is 2.86. The molecular weight excluding hydrogens is 192 g/mol. The number of hydrogen-bond acceptors (Lipinski definition) is 5. The van der Waals surface area contributed by atoms with Gasteiger partial charge in [-0.25, -0.2) is 0 Å².